The zero-order valence-corrected chi connectivity index (χ0v) is 5.71. The summed E-state index contributed by atoms with van der Waals surface area (Å²) >= 11 is 0. The molecule has 0 aromatic rings. The zero-order chi connectivity index (χ0) is 9.12. The fourth-order valence-corrected chi connectivity index (χ4v) is 0.423. The summed E-state index contributed by atoms with van der Waals surface area (Å²) in [4.78, 5) is 0. The van der Waals surface area contributed by atoms with Crippen LogP contribution in [0.5, 0.6) is 0 Å². The minimum atomic E-state index is -4.09. The van der Waals surface area contributed by atoms with Gasteiger partial charge in [0.15, 0.2) is 0 Å². The summed E-state index contributed by atoms with van der Waals surface area (Å²) in [5.74, 6) is 0. The van der Waals surface area contributed by atoms with Crippen molar-refractivity contribution in [2.24, 2.45) is 0 Å². The summed E-state index contributed by atoms with van der Waals surface area (Å²) in [6, 6.07) is 0. The van der Waals surface area contributed by atoms with Crippen LogP contribution in [0.3, 0.4) is 0 Å². The molecule has 0 aliphatic rings. The minimum absolute atomic E-state index is 0.166. The quantitative estimate of drug-likeness (QED) is 0.601. The van der Waals surface area contributed by atoms with Gasteiger partial charge in [-0.05, 0) is 0 Å². The Morgan fingerprint density at radius 1 is 1.18 bits per heavy atom. The van der Waals surface area contributed by atoms with Crippen molar-refractivity contribution in [1.29, 1.82) is 0 Å². The molecule has 0 spiro atoms. The molecule has 6 heteroatoms. The molecular weight excluding hydrogens is 171 g/mol. The highest BCUT2D eigenvalue weighted by Gasteiger charge is 2.40. The molecule has 68 valence electrons. The van der Waals surface area contributed by atoms with Gasteiger partial charge in [-0.2, -0.15) is 17.6 Å². The summed E-state index contributed by atoms with van der Waals surface area (Å²) in [7, 11) is 0. The molecule has 0 rings (SSSR count). The molecule has 0 heterocycles. The van der Waals surface area contributed by atoms with Crippen molar-refractivity contribution in [2.75, 3.05) is 6.67 Å². The average Bonchev–Trinajstić information content (AvgIpc) is 1.55. The Bertz CT molecular complexity index is 119. The van der Waals surface area contributed by atoms with Crippen LogP contribution in [0.2, 0.25) is 0 Å². The van der Waals surface area contributed by atoms with E-state index in [0.717, 1.165) is 0 Å². The van der Waals surface area contributed by atoms with Crippen LogP contribution in [0.4, 0.5) is 22.0 Å². The van der Waals surface area contributed by atoms with E-state index < -0.39 is 25.3 Å². The van der Waals surface area contributed by atoms with Gasteiger partial charge in [-0.1, -0.05) is 0 Å². The average molecular weight is 178 g/mol. The lowest BCUT2D eigenvalue weighted by Crippen LogP contribution is -2.31. The summed E-state index contributed by atoms with van der Waals surface area (Å²) in [6.07, 6.45) is -9.37. The second-order valence-electron chi connectivity index (χ2n) is 1.99. The Morgan fingerprint density at radius 2 is 1.64 bits per heavy atom. The maximum atomic E-state index is 12.0. The first-order valence-electron chi connectivity index (χ1n) is 2.78. The Kier molecular flexibility index (Phi) is 3.22. The molecular formula is C5H7F5O. The van der Waals surface area contributed by atoms with E-state index in [1.807, 2.05) is 0 Å². The number of hydrogen-bond donors (Lipinski definition) is 0. The third-order valence-electron chi connectivity index (χ3n) is 0.714. The van der Waals surface area contributed by atoms with Crippen LogP contribution in [-0.4, -0.2) is 18.9 Å². The van der Waals surface area contributed by atoms with Gasteiger partial charge in [0.05, 0.1) is 13.1 Å². The summed E-state index contributed by atoms with van der Waals surface area (Å²) in [6.45, 7) is -1.23. The van der Waals surface area contributed by atoms with Crippen LogP contribution in [0.15, 0.2) is 0 Å². The lowest BCUT2D eigenvalue weighted by atomic mass is 10.4. The third kappa shape index (κ3) is 6.03. The largest absolute Gasteiger partial charge is 0.362 e. The first kappa shape index (κ1) is 10.6. The van der Waals surface area contributed by atoms with Gasteiger partial charge < -0.3 is 0 Å². The molecule has 1 nitrogen and oxygen atoms in total. The molecule has 0 atom stereocenters. The lowest BCUT2D eigenvalue weighted by molar-refractivity contribution is -0.369. The van der Waals surface area contributed by atoms with Gasteiger partial charge in [0.25, 0.3) is 0 Å². The molecule has 0 bridgehead atoms. The van der Waals surface area contributed by atoms with E-state index in [2.05, 4.69) is 4.74 Å². The standard InChI is InChI=1S/C5H7F5O/c1-4(7,8)11-5(9,10)2-3-6/h2-3H2,1H3. The van der Waals surface area contributed by atoms with E-state index >= 15 is 0 Å². The maximum Gasteiger partial charge on any atom is 0.362 e. The third-order valence-corrected chi connectivity index (χ3v) is 0.714. The molecule has 0 radical (unpaired) electrons. The number of hydrogen-bond acceptors (Lipinski definition) is 1. The molecule has 11 heavy (non-hydrogen) atoms. The van der Waals surface area contributed by atoms with Gasteiger partial charge in [-0.15, -0.1) is 0 Å². The van der Waals surface area contributed by atoms with Crippen molar-refractivity contribution in [3.8, 4) is 0 Å². The van der Waals surface area contributed by atoms with Gasteiger partial charge in [-0.25, -0.2) is 0 Å². The van der Waals surface area contributed by atoms with Crippen LogP contribution in [0.25, 0.3) is 0 Å². The highest BCUT2D eigenvalue weighted by atomic mass is 19.3. The molecule has 0 aliphatic heterocycles. The van der Waals surface area contributed by atoms with Crippen molar-refractivity contribution in [2.45, 2.75) is 25.6 Å². The summed E-state index contributed by atoms with van der Waals surface area (Å²) in [5, 5.41) is 0. The second-order valence-corrected chi connectivity index (χ2v) is 1.99. The minimum Gasteiger partial charge on any atom is -0.255 e. The Hall–Kier alpha value is -0.390. The van der Waals surface area contributed by atoms with E-state index in [1.165, 1.54) is 0 Å². The van der Waals surface area contributed by atoms with E-state index in [4.69, 9.17) is 0 Å². The summed E-state index contributed by atoms with van der Waals surface area (Å²) in [5.41, 5.74) is 0. The molecule has 0 saturated heterocycles. The van der Waals surface area contributed by atoms with E-state index in [1.54, 1.807) is 0 Å². The molecule has 0 fully saturated rings. The SMILES string of the molecule is CC(F)(F)OC(F)(F)CCF. The lowest BCUT2D eigenvalue weighted by Gasteiger charge is -2.19. The van der Waals surface area contributed by atoms with Crippen LogP contribution in [0, 0.1) is 0 Å². The monoisotopic (exact) mass is 178 g/mol. The number of halogens is 5. The Labute approximate surface area is 60.1 Å². The predicted molar refractivity (Wildman–Crippen MR) is 27.2 cm³/mol. The van der Waals surface area contributed by atoms with Crippen molar-refractivity contribution in [3.63, 3.8) is 0 Å². The van der Waals surface area contributed by atoms with Crippen molar-refractivity contribution < 1.29 is 26.7 Å². The maximum absolute atomic E-state index is 12.0. The van der Waals surface area contributed by atoms with Gasteiger partial charge in [0.2, 0.25) is 0 Å². The van der Waals surface area contributed by atoms with Crippen LogP contribution in [-0.2, 0) is 4.74 Å². The van der Waals surface area contributed by atoms with E-state index in [9.17, 15) is 22.0 Å². The highest BCUT2D eigenvalue weighted by molar-refractivity contribution is 4.54. The Morgan fingerprint density at radius 3 is 1.91 bits per heavy atom. The molecule has 0 N–H and O–H groups in total. The number of rotatable bonds is 4. The van der Waals surface area contributed by atoms with E-state index in [-0.39, 0.29) is 6.92 Å². The molecule has 0 unspecified atom stereocenters. The van der Waals surface area contributed by atoms with Crippen molar-refractivity contribution >= 4 is 0 Å². The Balaban J connectivity index is 3.91. The van der Waals surface area contributed by atoms with Gasteiger partial charge in [0.1, 0.15) is 0 Å². The second kappa shape index (κ2) is 3.34. The van der Waals surface area contributed by atoms with Crippen LogP contribution >= 0.6 is 0 Å². The molecule has 0 aromatic carbocycles. The normalized spacial score (nSPS) is 13.6. The smallest absolute Gasteiger partial charge is 0.255 e. The van der Waals surface area contributed by atoms with Gasteiger partial charge >= 0.3 is 12.2 Å². The number of alkyl halides is 5. The van der Waals surface area contributed by atoms with Crippen LogP contribution < -0.4 is 0 Å². The predicted octanol–water partition coefficient (Wildman–Crippen LogP) is 2.57. The van der Waals surface area contributed by atoms with Crippen LogP contribution in [0.1, 0.15) is 13.3 Å². The summed E-state index contributed by atoms with van der Waals surface area (Å²) < 4.78 is 61.6. The first-order valence-corrected chi connectivity index (χ1v) is 2.78. The molecule has 0 amide bonds. The molecule has 0 aliphatic carbocycles. The topological polar surface area (TPSA) is 9.23 Å². The van der Waals surface area contributed by atoms with Gasteiger partial charge in [-0.3, -0.25) is 9.13 Å². The van der Waals surface area contributed by atoms with E-state index in [0.29, 0.717) is 0 Å². The van der Waals surface area contributed by atoms with Crippen molar-refractivity contribution in [3.05, 3.63) is 0 Å². The highest BCUT2D eigenvalue weighted by Crippen LogP contribution is 2.28. The fraction of sp³-hybridized carbons (Fsp3) is 1.00. The zero-order valence-electron chi connectivity index (χ0n) is 5.71. The van der Waals surface area contributed by atoms with Crippen molar-refractivity contribution in [1.82, 2.24) is 0 Å². The number of ether oxygens (including phenoxy) is 1. The fourth-order valence-electron chi connectivity index (χ4n) is 0.423. The van der Waals surface area contributed by atoms with Gasteiger partial charge in [0, 0.05) is 6.92 Å². The molecule has 0 aromatic heterocycles. The first-order chi connectivity index (χ1) is 4.77. The molecule has 0 saturated carbocycles.